The average molecular weight is 279 g/mol. The Balaban J connectivity index is 2.93. The van der Waals surface area contributed by atoms with E-state index in [-0.39, 0.29) is 15.7 Å². The number of aromatic carboxylic acids is 1. The number of hydrogen-bond acceptors (Lipinski definition) is 5. The molecule has 0 aliphatic heterocycles. The Bertz CT molecular complexity index is 489. The van der Waals surface area contributed by atoms with Crippen molar-refractivity contribution in [3.63, 3.8) is 0 Å². The van der Waals surface area contributed by atoms with Gasteiger partial charge in [0.05, 0.1) is 6.61 Å². The van der Waals surface area contributed by atoms with Gasteiger partial charge in [-0.25, -0.2) is 17.9 Å². The van der Waals surface area contributed by atoms with Crippen molar-refractivity contribution in [1.82, 2.24) is 4.72 Å². The van der Waals surface area contributed by atoms with E-state index in [0.29, 0.717) is 17.8 Å². The zero-order valence-electron chi connectivity index (χ0n) is 9.08. The lowest BCUT2D eigenvalue weighted by Crippen LogP contribution is -2.36. The highest BCUT2D eigenvalue weighted by atomic mass is 32.2. The van der Waals surface area contributed by atoms with Crippen LogP contribution < -0.4 is 4.72 Å². The molecular formula is C9H13NO5S2. The number of aliphatic hydroxyl groups is 1. The van der Waals surface area contributed by atoms with E-state index in [4.69, 9.17) is 10.2 Å². The molecular weight excluding hydrogens is 266 g/mol. The molecule has 1 unspecified atom stereocenters. The second kappa shape index (κ2) is 5.58. The topological polar surface area (TPSA) is 104 Å². The first-order valence-electron chi connectivity index (χ1n) is 4.87. The molecule has 8 heteroatoms. The van der Waals surface area contributed by atoms with Gasteiger partial charge in [0.2, 0.25) is 10.0 Å². The quantitative estimate of drug-likeness (QED) is 0.703. The number of hydrogen-bond donors (Lipinski definition) is 3. The van der Waals surface area contributed by atoms with Crippen LogP contribution in [0.4, 0.5) is 0 Å². The molecule has 96 valence electrons. The van der Waals surface area contributed by atoms with E-state index in [0.717, 1.165) is 0 Å². The van der Waals surface area contributed by atoms with Crippen molar-refractivity contribution in [3.05, 3.63) is 17.0 Å². The molecule has 1 aromatic rings. The second-order valence-electron chi connectivity index (χ2n) is 3.33. The maximum absolute atomic E-state index is 11.8. The Morgan fingerprint density at radius 2 is 2.18 bits per heavy atom. The van der Waals surface area contributed by atoms with E-state index < -0.39 is 22.0 Å². The van der Waals surface area contributed by atoms with Crippen LogP contribution in [0, 0.1) is 0 Å². The van der Waals surface area contributed by atoms with Crippen molar-refractivity contribution >= 4 is 27.3 Å². The van der Waals surface area contributed by atoms with Crippen LogP contribution in [0.5, 0.6) is 0 Å². The summed E-state index contributed by atoms with van der Waals surface area (Å²) in [6.07, 6.45) is 0.451. The maximum atomic E-state index is 11.8. The van der Waals surface area contributed by atoms with Gasteiger partial charge in [-0.1, -0.05) is 6.92 Å². The molecule has 17 heavy (non-hydrogen) atoms. The first-order chi connectivity index (χ1) is 7.90. The molecule has 1 aromatic heterocycles. The largest absolute Gasteiger partial charge is 0.477 e. The van der Waals surface area contributed by atoms with Gasteiger partial charge in [0, 0.05) is 6.04 Å². The van der Waals surface area contributed by atoms with Gasteiger partial charge in [-0.3, -0.25) is 0 Å². The molecule has 0 radical (unpaired) electrons. The number of thiophene rings is 1. The lowest BCUT2D eigenvalue weighted by molar-refractivity contribution is 0.0702. The minimum atomic E-state index is -3.75. The van der Waals surface area contributed by atoms with Crippen LogP contribution >= 0.6 is 11.3 Å². The summed E-state index contributed by atoms with van der Waals surface area (Å²) in [5, 5.41) is 17.6. The third-order valence-electron chi connectivity index (χ3n) is 2.09. The minimum Gasteiger partial charge on any atom is -0.477 e. The predicted molar refractivity (Wildman–Crippen MR) is 62.8 cm³/mol. The van der Waals surface area contributed by atoms with Crippen LogP contribution in [-0.2, 0) is 10.0 Å². The monoisotopic (exact) mass is 279 g/mol. The van der Waals surface area contributed by atoms with Crippen molar-refractivity contribution in [2.75, 3.05) is 6.61 Å². The summed E-state index contributed by atoms with van der Waals surface area (Å²) in [4.78, 5) is 10.6. The number of carboxylic acid groups (broad SMARTS) is 1. The van der Waals surface area contributed by atoms with E-state index >= 15 is 0 Å². The molecule has 0 aromatic carbocycles. The molecule has 0 aliphatic carbocycles. The normalized spacial score (nSPS) is 13.5. The summed E-state index contributed by atoms with van der Waals surface area (Å²) in [5.41, 5.74) is 0. The standard InChI is InChI=1S/C9H13NO5S2/c1-2-6(5-11)10-17(14,15)8-4-3-7(16-8)9(12)13/h3-4,6,10-11H,2,5H2,1H3,(H,12,13). The summed E-state index contributed by atoms with van der Waals surface area (Å²) in [6, 6.07) is 1.91. The Morgan fingerprint density at radius 3 is 2.59 bits per heavy atom. The summed E-state index contributed by atoms with van der Waals surface area (Å²) in [7, 11) is -3.75. The van der Waals surface area contributed by atoms with E-state index in [2.05, 4.69) is 4.72 Å². The Morgan fingerprint density at radius 1 is 1.53 bits per heavy atom. The SMILES string of the molecule is CCC(CO)NS(=O)(=O)c1ccc(C(=O)O)s1. The Labute approximate surface area is 103 Å². The van der Waals surface area contributed by atoms with Gasteiger partial charge >= 0.3 is 5.97 Å². The smallest absolute Gasteiger partial charge is 0.345 e. The highest BCUT2D eigenvalue weighted by molar-refractivity contribution is 7.91. The van der Waals surface area contributed by atoms with Gasteiger partial charge in [-0.2, -0.15) is 0 Å². The van der Waals surface area contributed by atoms with Crippen LogP contribution in [0.3, 0.4) is 0 Å². The predicted octanol–water partition coefficient (Wildman–Crippen LogP) is 0.495. The summed E-state index contributed by atoms with van der Waals surface area (Å²) in [6.45, 7) is 1.44. The zero-order chi connectivity index (χ0) is 13.1. The van der Waals surface area contributed by atoms with Gasteiger partial charge in [0.25, 0.3) is 0 Å². The van der Waals surface area contributed by atoms with E-state index in [1.807, 2.05) is 0 Å². The zero-order valence-corrected chi connectivity index (χ0v) is 10.7. The summed E-state index contributed by atoms with van der Waals surface area (Å²) >= 11 is 0.679. The first kappa shape index (κ1) is 14.1. The molecule has 0 amide bonds. The minimum absolute atomic E-state index is 0.0394. The van der Waals surface area contributed by atoms with Gasteiger partial charge in [-0.15, -0.1) is 11.3 Å². The lowest BCUT2D eigenvalue weighted by Gasteiger charge is -2.12. The van der Waals surface area contributed by atoms with E-state index in [1.54, 1.807) is 6.92 Å². The number of carboxylic acids is 1. The molecule has 0 saturated heterocycles. The molecule has 0 bridgehead atoms. The fraction of sp³-hybridized carbons (Fsp3) is 0.444. The fourth-order valence-electron chi connectivity index (χ4n) is 1.11. The molecule has 3 N–H and O–H groups in total. The van der Waals surface area contributed by atoms with Crippen LogP contribution in [0.25, 0.3) is 0 Å². The van der Waals surface area contributed by atoms with Crippen LogP contribution in [-0.4, -0.2) is 37.2 Å². The van der Waals surface area contributed by atoms with Crippen LogP contribution in [0.1, 0.15) is 23.0 Å². The highest BCUT2D eigenvalue weighted by Crippen LogP contribution is 2.21. The van der Waals surface area contributed by atoms with Crippen LogP contribution in [0.2, 0.25) is 0 Å². The van der Waals surface area contributed by atoms with E-state index in [1.165, 1.54) is 12.1 Å². The molecule has 1 heterocycles. The van der Waals surface area contributed by atoms with Gasteiger partial charge in [-0.05, 0) is 18.6 Å². The Hall–Kier alpha value is -0.960. The second-order valence-corrected chi connectivity index (χ2v) is 6.36. The van der Waals surface area contributed by atoms with Crippen molar-refractivity contribution in [1.29, 1.82) is 0 Å². The van der Waals surface area contributed by atoms with Crippen LogP contribution in [0.15, 0.2) is 16.3 Å². The van der Waals surface area contributed by atoms with Gasteiger partial charge < -0.3 is 10.2 Å². The van der Waals surface area contributed by atoms with Gasteiger partial charge in [0.1, 0.15) is 9.09 Å². The molecule has 1 rings (SSSR count). The molecule has 1 atom stereocenters. The molecule has 0 saturated carbocycles. The van der Waals surface area contributed by atoms with E-state index in [9.17, 15) is 13.2 Å². The molecule has 6 nitrogen and oxygen atoms in total. The maximum Gasteiger partial charge on any atom is 0.345 e. The molecule has 0 fully saturated rings. The Kier molecular flexibility index (Phi) is 4.63. The molecule has 0 spiro atoms. The summed E-state index contributed by atoms with van der Waals surface area (Å²) < 4.78 is 25.8. The van der Waals surface area contributed by atoms with Crippen molar-refractivity contribution in [2.45, 2.75) is 23.6 Å². The number of nitrogens with one attached hydrogen (secondary N) is 1. The average Bonchev–Trinajstić information content (AvgIpc) is 2.75. The number of aliphatic hydroxyl groups excluding tert-OH is 1. The number of rotatable bonds is 6. The first-order valence-corrected chi connectivity index (χ1v) is 7.17. The third kappa shape index (κ3) is 3.50. The van der Waals surface area contributed by atoms with Crippen molar-refractivity contribution in [2.24, 2.45) is 0 Å². The van der Waals surface area contributed by atoms with Crippen molar-refractivity contribution < 1.29 is 23.4 Å². The number of carbonyl (C=O) groups is 1. The summed E-state index contributed by atoms with van der Waals surface area (Å²) in [5.74, 6) is -1.16. The fourth-order valence-corrected chi connectivity index (χ4v) is 3.58. The lowest BCUT2D eigenvalue weighted by atomic mass is 10.3. The van der Waals surface area contributed by atoms with Gasteiger partial charge in [0.15, 0.2) is 0 Å². The number of sulfonamides is 1. The van der Waals surface area contributed by atoms with Crippen molar-refractivity contribution in [3.8, 4) is 0 Å². The third-order valence-corrected chi connectivity index (χ3v) is 5.18. The highest BCUT2D eigenvalue weighted by Gasteiger charge is 2.21. The molecule has 0 aliphatic rings.